The standard InChI is InChI=1S/C67H54BN2O2/c1-65(2,3)40-27-30-42(31-28-40)69-51-37-56-45(43-23-16-18-26-54(43)71-56)34-46(51)59-58-44-24-15-17-25-49(44)67(7,8)61(58)60-47-33-41(66(4,5)6)29-32-52(47)70-53-35-48-55(36-50(53)68-62(59)63(60)70)72-64(39-21-13-10-14-22-39)57(48)38-19-11-9-12-20-38/h9-37,69H,1-8H3. The lowest BCUT2D eigenvalue weighted by Gasteiger charge is -2.29. The van der Waals surface area contributed by atoms with Gasteiger partial charge < -0.3 is 18.7 Å². The van der Waals surface area contributed by atoms with E-state index in [1.54, 1.807) is 0 Å². The molecule has 2 aliphatic rings. The fraction of sp³-hybridized carbons (Fsp3) is 0.164. The van der Waals surface area contributed by atoms with Crippen molar-refractivity contribution in [3.8, 4) is 50.4 Å². The Labute approximate surface area is 421 Å². The third-order valence-corrected chi connectivity index (χ3v) is 15.9. The van der Waals surface area contributed by atoms with Crippen LogP contribution in [-0.2, 0) is 16.2 Å². The Morgan fingerprint density at radius 1 is 0.514 bits per heavy atom. The number of benzene rings is 9. The van der Waals surface area contributed by atoms with Crippen LogP contribution in [0.4, 0.5) is 11.4 Å². The lowest BCUT2D eigenvalue weighted by atomic mass is 9.57. The van der Waals surface area contributed by atoms with E-state index in [9.17, 15) is 0 Å². The molecule has 0 atom stereocenters. The second-order valence-electron chi connectivity index (χ2n) is 22.8. The molecule has 5 heteroatoms. The number of aromatic nitrogens is 1. The average Bonchev–Trinajstić information content (AvgIpc) is 4.11. The van der Waals surface area contributed by atoms with E-state index in [1.807, 2.05) is 0 Å². The molecule has 0 amide bonds. The Bertz CT molecular complexity index is 4230. The molecular formula is C67H54BN2O2. The van der Waals surface area contributed by atoms with E-state index in [2.05, 4.69) is 248 Å². The Morgan fingerprint density at radius 3 is 1.93 bits per heavy atom. The number of rotatable bonds is 5. The zero-order valence-corrected chi connectivity index (χ0v) is 42.1. The zero-order valence-electron chi connectivity index (χ0n) is 42.1. The minimum Gasteiger partial charge on any atom is -0.456 e. The summed E-state index contributed by atoms with van der Waals surface area (Å²) >= 11 is 0. The minimum atomic E-state index is -0.335. The largest absolute Gasteiger partial charge is 0.456 e. The quantitative estimate of drug-likeness (QED) is 0.175. The maximum absolute atomic E-state index is 7.10. The van der Waals surface area contributed by atoms with Crippen molar-refractivity contribution in [2.24, 2.45) is 0 Å². The van der Waals surface area contributed by atoms with Crippen molar-refractivity contribution in [2.45, 2.75) is 71.6 Å². The first-order valence-corrected chi connectivity index (χ1v) is 25.4. The van der Waals surface area contributed by atoms with Crippen molar-refractivity contribution in [2.75, 3.05) is 5.32 Å². The molecule has 3 aromatic heterocycles. The highest BCUT2D eigenvalue weighted by Crippen LogP contribution is 2.58. The highest BCUT2D eigenvalue weighted by molar-refractivity contribution is 6.74. The summed E-state index contributed by atoms with van der Waals surface area (Å²) in [5, 5.41) is 9.86. The van der Waals surface area contributed by atoms with Crippen LogP contribution in [0, 0.1) is 0 Å². The van der Waals surface area contributed by atoms with Gasteiger partial charge in [-0.15, -0.1) is 0 Å². The maximum atomic E-state index is 7.10. The summed E-state index contributed by atoms with van der Waals surface area (Å²) in [6, 6.07) is 64.4. The van der Waals surface area contributed by atoms with E-state index in [1.165, 1.54) is 66.2 Å². The minimum absolute atomic E-state index is 0.0291. The van der Waals surface area contributed by atoms with Crippen molar-refractivity contribution in [1.29, 1.82) is 0 Å². The number of nitrogens with one attached hydrogen (secondary N) is 1. The molecule has 347 valence electrons. The van der Waals surface area contributed by atoms with Gasteiger partial charge in [0.05, 0.1) is 11.2 Å². The molecule has 1 aliphatic carbocycles. The van der Waals surface area contributed by atoms with E-state index < -0.39 is 0 Å². The molecule has 4 nitrogen and oxygen atoms in total. The Hall–Kier alpha value is -8.02. The summed E-state index contributed by atoms with van der Waals surface area (Å²) < 4.78 is 16.4. The number of furan rings is 2. The number of anilines is 2. The van der Waals surface area contributed by atoms with Crippen LogP contribution in [0.2, 0.25) is 0 Å². The van der Waals surface area contributed by atoms with Crippen molar-refractivity contribution >= 4 is 84.3 Å². The molecule has 4 heterocycles. The van der Waals surface area contributed by atoms with Crippen LogP contribution in [0.5, 0.6) is 0 Å². The van der Waals surface area contributed by atoms with Gasteiger partial charge in [0.2, 0.25) is 0 Å². The monoisotopic (exact) mass is 929 g/mol. The number of nitrogens with zero attached hydrogens (tertiary/aromatic N) is 1. The molecule has 0 spiro atoms. The van der Waals surface area contributed by atoms with Gasteiger partial charge in [-0.1, -0.05) is 182 Å². The highest BCUT2D eigenvalue weighted by Gasteiger charge is 2.43. The second-order valence-corrected chi connectivity index (χ2v) is 22.8. The van der Waals surface area contributed by atoms with Crippen molar-refractivity contribution in [3.63, 3.8) is 0 Å². The fourth-order valence-electron chi connectivity index (χ4n) is 12.3. The number of hydrogen-bond acceptors (Lipinski definition) is 3. The lowest BCUT2D eigenvalue weighted by Crippen LogP contribution is -2.38. The molecular weight excluding hydrogens is 876 g/mol. The third-order valence-electron chi connectivity index (χ3n) is 15.9. The van der Waals surface area contributed by atoms with Gasteiger partial charge in [-0.25, -0.2) is 0 Å². The van der Waals surface area contributed by atoms with E-state index in [0.717, 1.165) is 83.4 Å². The van der Waals surface area contributed by atoms with Crippen LogP contribution in [-0.4, -0.2) is 11.8 Å². The molecule has 9 aromatic carbocycles. The van der Waals surface area contributed by atoms with Gasteiger partial charge in [0.15, 0.2) is 7.28 Å². The molecule has 12 aromatic rings. The smallest absolute Gasteiger partial charge is 0.198 e. The molecule has 0 saturated heterocycles. The number of para-hydroxylation sites is 1. The summed E-state index contributed by atoms with van der Waals surface area (Å²) in [6.07, 6.45) is 0. The maximum Gasteiger partial charge on any atom is 0.198 e. The Balaban J connectivity index is 1.15. The number of fused-ring (bicyclic) bond motifs is 13. The van der Waals surface area contributed by atoms with Gasteiger partial charge in [-0.05, 0) is 109 Å². The summed E-state index contributed by atoms with van der Waals surface area (Å²) in [5.41, 5.74) is 23.6. The predicted molar refractivity (Wildman–Crippen MR) is 304 cm³/mol. The first-order valence-electron chi connectivity index (χ1n) is 25.4. The van der Waals surface area contributed by atoms with E-state index in [4.69, 9.17) is 8.83 Å². The third kappa shape index (κ3) is 6.19. The Kier molecular flexibility index (Phi) is 8.93. The molecule has 0 bridgehead atoms. The normalized spacial score (nSPS) is 13.8. The van der Waals surface area contributed by atoms with E-state index in [0.29, 0.717) is 0 Å². The molecule has 1 N–H and O–H groups in total. The van der Waals surface area contributed by atoms with E-state index >= 15 is 0 Å². The molecule has 0 fully saturated rings. The van der Waals surface area contributed by atoms with Gasteiger partial charge in [0.25, 0.3) is 0 Å². The summed E-state index contributed by atoms with van der Waals surface area (Å²) in [6.45, 7) is 18.7. The fourth-order valence-corrected chi connectivity index (χ4v) is 12.3. The first kappa shape index (κ1) is 42.8. The average molecular weight is 930 g/mol. The van der Waals surface area contributed by atoms with Crippen LogP contribution >= 0.6 is 0 Å². The molecule has 0 saturated carbocycles. The Morgan fingerprint density at radius 2 is 1.18 bits per heavy atom. The van der Waals surface area contributed by atoms with Gasteiger partial charge in [-0.3, -0.25) is 0 Å². The predicted octanol–water partition coefficient (Wildman–Crippen LogP) is 17.0. The van der Waals surface area contributed by atoms with Gasteiger partial charge >= 0.3 is 0 Å². The highest BCUT2D eigenvalue weighted by atomic mass is 16.3. The van der Waals surface area contributed by atoms with Gasteiger partial charge in [0, 0.05) is 72.0 Å². The molecule has 1 aliphatic heterocycles. The topological polar surface area (TPSA) is 43.2 Å². The number of hydrogen-bond donors (Lipinski definition) is 1. The zero-order chi connectivity index (χ0) is 49.0. The SMILES string of the molecule is CC(C)(C)c1ccc(Nc2cc3oc4ccccc4c3cc2-c2c3c(c4c5cc(C(C)(C)C)ccc5n5c4c2[B]c2cc4oc(-c6ccccc6)c(-c6ccccc6)c4cc2-5)C(C)(C)c2ccccc2-3)cc1. The van der Waals surface area contributed by atoms with Crippen LogP contribution < -0.4 is 16.2 Å². The molecule has 14 rings (SSSR count). The van der Waals surface area contributed by atoms with Gasteiger partial charge in [0.1, 0.15) is 22.5 Å². The van der Waals surface area contributed by atoms with Gasteiger partial charge in [-0.2, -0.15) is 0 Å². The van der Waals surface area contributed by atoms with Crippen molar-refractivity contribution < 1.29 is 8.83 Å². The summed E-state index contributed by atoms with van der Waals surface area (Å²) in [5.74, 6) is 0.874. The van der Waals surface area contributed by atoms with Crippen LogP contribution in [0.3, 0.4) is 0 Å². The summed E-state index contributed by atoms with van der Waals surface area (Å²) in [4.78, 5) is 0. The second kappa shape index (κ2) is 15.0. The van der Waals surface area contributed by atoms with Crippen LogP contribution in [0.15, 0.2) is 185 Å². The summed E-state index contributed by atoms with van der Waals surface area (Å²) in [7, 11) is 2.47. The van der Waals surface area contributed by atoms with Crippen molar-refractivity contribution in [1.82, 2.24) is 4.57 Å². The van der Waals surface area contributed by atoms with E-state index in [-0.39, 0.29) is 16.2 Å². The molecule has 72 heavy (non-hydrogen) atoms. The first-order chi connectivity index (χ1) is 34.7. The van der Waals surface area contributed by atoms with Crippen LogP contribution in [0.25, 0.3) is 105 Å². The lowest BCUT2D eigenvalue weighted by molar-refractivity contribution is 0.590. The van der Waals surface area contributed by atoms with Crippen molar-refractivity contribution in [3.05, 3.63) is 198 Å². The van der Waals surface area contributed by atoms with Crippen LogP contribution in [0.1, 0.15) is 77.6 Å². The molecule has 1 radical (unpaired) electrons. The molecule has 0 unspecified atom stereocenters.